The number of amides is 1. The highest BCUT2D eigenvalue weighted by molar-refractivity contribution is 7.99. The normalized spacial score (nSPS) is 12.9. The van der Waals surface area contributed by atoms with Gasteiger partial charge >= 0.3 is 0 Å². The summed E-state index contributed by atoms with van der Waals surface area (Å²) in [6.07, 6.45) is 5.38. The predicted molar refractivity (Wildman–Crippen MR) is 159 cm³/mol. The highest BCUT2D eigenvalue weighted by atomic mass is 32.2. The zero-order valence-corrected chi connectivity index (χ0v) is 23.9. The van der Waals surface area contributed by atoms with Gasteiger partial charge in [0, 0.05) is 10.4 Å². The molecule has 11 heteroatoms. The number of aryl methyl sites for hydroxylation is 2. The van der Waals surface area contributed by atoms with E-state index in [0.29, 0.717) is 51.3 Å². The number of ether oxygens (including phenoxy) is 2. The van der Waals surface area contributed by atoms with Crippen molar-refractivity contribution in [1.82, 2.24) is 15.0 Å². The third kappa shape index (κ3) is 5.85. The van der Waals surface area contributed by atoms with E-state index in [4.69, 9.17) is 14.5 Å². The van der Waals surface area contributed by atoms with Gasteiger partial charge in [0.05, 0.1) is 36.3 Å². The van der Waals surface area contributed by atoms with Gasteiger partial charge in [-0.3, -0.25) is 14.2 Å². The molecule has 4 aromatic rings. The fraction of sp³-hybridized carbons (Fsp3) is 0.310. The van der Waals surface area contributed by atoms with Crippen LogP contribution in [0.5, 0.6) is 17.2 Å². The predicted octanol–water partition coefficient (Wildman–Crippen LogP) is 5.07. The molecule has 0 spiro atoms. The number of phenolic OH excluding ortho intramolecular Hbond substituents is 1. The van der Waals surface area contributed by atoms with Crippen LogP contribution in [-0.2, 0) is 17.6 Å². The SMILES string of the molecule is CCOc1ccc(-n2c(SCC(=O)N/N=C/c3cccc(OCC)c3O)nc3sc4c(c3c2=O)CCCC4)cc1. The molecule has 1 aliphatic rings. The molecule has 40 heavy (non-hydrogen) atoms. The van der Waals surface area contributed by atoms with Crippen molar-refractivity contribution in [2.75, 3.05) is 19.0 Å². The summed E-state index contributed by atoms with van der Waals surface area (Å²) in [6.45, 7) is 4.70. The molecule has 2 aromatic heterocycles. The van der Waals surface area contributed by atoms with Crippen LogP contribution in [0.1, 0.15) is 42.7 Å². The number of thioether (sulfide) groups is 1. The van der Waals surface area contributed by atoms with Crippen molar-refractivity contribution in [1.29, 1.82) is 0 Å². The quantitative estimate of drug-likeness (QED) is 0.117. The number of hydrogen-bond acceptors (Lipinski definition) is 9. The van der Waals surface area contributed by atoms with E-state index in [9.17, 15) is 14.7 Å². The molecule has 1 aliphatic carbocycles. The average molecular weight is 579 g/mol. The first kappa shape index (κ1) is 27.7. The molecular weight excluding hydrogens is 548 g/mol. The average Bonchev–Trinajstić information content (AvgIpc) is 3.33. The van der Waals surface area contributed by atoms with Crippen molar-refractivity contribution >= 4 is 45.4 Å². The van der Waals surface area contributed by atoms with E-state index in [2.05, 4.69) is 10.5 Å². The number of hydrazone groups is 1. The molecule has 1 amide bonds. The molecule has 2 aromatic carbocycles. The lowest BCUT2D eigenvalue weighted by molar-refractivity contribution is -0.118. The summed E-state index contributed by atoms with van der Waals surface area (Å²) in [5, 5.41) is 15.4. The van der Waals surface area contributed by atoms with Crippen LogP contribution in [0.4, 0.5) is 0 Å². The molecule has 2 heterocycles. The Morgan fingerprint density at radius 1 is 1.15 bits per heavy atom. The van der Waals surface area contributed by atoms with Gasteiger partial charge in [0.1, 0.15) is 10.6 Å². The topological polar surface area (TPSA) is 115 Å². The van der Waals surface area contributed by atoms with E-state index < -0.39 is 0 Å². The van der Waals surface area contributed by atoms with E-state index in [0.717, 1.165) is 31.2 Å². The molecule has 0 fully saturated rings. The first-order valence-corrected chi connectivity index (χ1v) is 15.0. The number of fused-ring (bicyclic) bond motifs is 3. The van der Waals surface area contributed by atoms with Crippen LogP contribution in [0.25, 0.3) is 15.9 Å². The molecule has 2 N–H and O–H groups in total. The summed E-state index contributed by atoms with van der Waals surface area (Å²) in [7, 11) is 0. The van der Waals surface area contributed by atoms with Crippen molar-refractivity contribution in [3.05, 3.63) is 68.8 Å². The van der Waals surface area contributed by atoms with Crippen LogP contribution >= 0.6 is 23.1 Å². The Labute approximate surface area is 239 Å². The maximum Gasteiger partial charge on any atom is 0.267 e. The summed E-state index contributed by atoms with van der Waals surface area (Å²) in [5.41, 5.74) is 4.54. The fourth-order valence-electron chi connectivity index (χ4n) is 4.62. The minimum atomic E-state index is -0.375. The minimum absolute atomic E-state index is 0.0115. The Morgan fingerprint density at radius 3 is 2.70 bits per heavy atom. The molecule has 208 valence electrons. The monoisotopic (exact) mass is 578 g/mol. The van der Waals surface area contributed by atoms with Crippen molar-refractivity contribution in [3.63, 3.8) is 0 Å². The summed E-state index contributed by atoms with van der Waals surface area (Å²) < 4.78 is 12.5. The number of thiophene rings is 1. The number of hydrogen-bond donors (Lipinski definition) is 2. The molecule has 0 saturated heterocycles. The van der Waals surface area contributed by atoms with Gasteiger partial charge in [-0.2, -0.15) is 5.10 Å². The number of aromatic nitrogens is 2. The third-order valence-electron chi connectivity index (χ3n) is 6.42. The number of benzene rings is 2. The molecule has 9 nitrogen and oxygen atoms in total. The maximum absolute atomic E-state index is 13.9. The number of carbonyl (C=O) groups is 1. The van der Waals surface area contributed by atoms with Gasteiger partial charge in [0.15, 0.2) is 16.7 Å². The van der Waals surface area contributed by atoms with Gasteiger partial charge in [-0.05, 0) is 81.5 Å². The van der Waals surface area contributed by atoms with E-state index in [1.165, 1.54) is 22.9 Å². The van der Waals surface area contributed by atoms with Crippen LogP contribution in [0.3, 0.4) is 0 Å². The Bertz CT molecular complexity index is 1610. The highest BCUT2D eigenvalue weighted by Gasteiger charge is 2.23. The van der Waals surface area contributed by atoms with Gasteiger partial charge in [0.2, 0.25) is 0 Å². The number of nitrogens with zero attached hydrogens (tertiary/aromatic N) is 3. The lowest BCUT2D eigenvalue weighted by Gasteiger charge is -2.14. The van der Waals surface area contributed by atoms with Crippen LogP contribution < -0.4 is 20.5 Å². The fourth-order valence-corrected chi connectivity index (χ4v) is 6.73. The number of nitrogens with one attached hydrogen (secondary N) is 1. The number of rotatable bonds is 10. The molecule has 0 radical (unpaired) electrons. The summed E-state index contributed by atoms with van der Waals surface area (Å²) in [5.74, 6) is 0.623. The molecule has 0 saturated carbocycles. The molecule has 5 rings (SSSR count). The smallest absolute Gasteiger partial charge is 0.267 e. The molecular formula is C29H30N4O5S2. The standard InChI is InChI=1S/C29H30N4O5S2/c1-3-37-20-14-12-19(13-15-20)33-28(36)25-21-9-5-6-11-23(21)40-27(25)31-29(33)39-17-24(34)32-30-16-18-8-7-10-22(26(18)35)38-4-2/h7-8,10,12-16,35H,3-6,9,11,17H2,1-2H3,(H,32,34)/b30-16+. The first-order valence-electron chi connectivity index (χ1n) is 13.2. The summed E-state index contributed by atoms with van der Waals surface area (Å²) in [6, 6.07) is 12.4. The van der Waals surface area contributed by atoms with Gasteiger partial charge < -0.3 is 14.6 Å². The Morgan fingerprint density at radius 2 is 1.93 bits per heavy atom. The van der Waals surface area contributed by atoms with Gasteiger partial charge in [0.25, 0.3) is 11.5 Å². The van der Waals surface area contributed by atoms with Crippen molar-refractivity contribution < 1.29 is 19.4 Å². The largest absolute Gasteiger partial charge is 0.504 e. The zero-order valence-electron chi connectivity index (χ0n) is 22.3. The van der Waals surface area contributed by atoms with Crippen LogP contribution in [-0.4, -0.2) is 45.7 Å². The lowest BCUT2D eigenvalue weighted by atomic mass is 9.97. The number of aromatic hydroxyl groups is 1. The minimum Gasteiger partial charge on any atom is -0.504 e. The van der Waals surface area contributed by atoms with E-state index >= 15 is 0 Å². The molecule has 0 atom stereocenters. The third-order valence-corrected chi connectivity index (χ3v) is 8.54. The maximum atomic E-state index is 13.9. The molecule has 0 aliphatic heterocycles. The molecule has 0 bridgehead atoms. The second-order valence-electron chi connectivity index (χ2n) is 9.06. The van der Waals surface area contributed by atoms with Gasteiger partial charge in [-0.25, -0.2) is 10.4 Å². The summed E-state index contributed by atoms with van der Waals surface area (Å²) >= 11 is 2.75. The Hall–Kier alpha value is -3.83. The van der Waals surface area contributed by atoms with E-state index in [-0.39, 0.29) is 23.0 Å². The number of phenols is 1. The Kier molecular flexibility index (Phi) is 8.71. The van der Waals surface area contributed by atoms with Gasteiger partial charge in [-0.15, -0.1) is 11.3 Å². The van der Waals surface area contributed by atoms with Crippen LogP contribution in [0.2, 0.25) is 0 Å². The van der Waals surface area contributed by atoms with Crippen LogP contribution in [0, 0.1) is 0 Å². The second-order valence-corrected chi connectivity index (χ2v) is 11.1. The van der Waals surface area contributed by atoms with E-state index in [1.807, 2.05) is 38.1 Å². The van der Waals surface area contributed by atoms with Gasteiger partial charge in [-0.1, -0.05) is 17.8 Å². The lowest BCUT2D eigenvalue weighted by Crippen LogP contribution is -2.24. The molecule has 0 unspecified atom stereocenters. The highest BCUT2D eigenvalue weighted by Crippen LogP contribution is 2.35. The number of para-hydroxylation sites is 1. The zero-order chi connectivity index (χ0) is 28.1. The van der Waals surface area contributed by atoms with Crippen molar-refractivity contribution in [2.45, 2.75) is 44.7 Å². The first-order chi connectivity index (χ1) is 19.5. The second kappa shape index (κ2) is 12.6. The van der Waals surface area contributed by atoms with E-state index in [1.54, 1.807) is 34.1 Å². The Balaban J connectivity index is 1.40. The van der Waals surface area contributed by atoms with Crippen molar-refractivity contribution in [3.8, 4) is 22.9 Å². The van der Waals surface area contributed by atoms with Crippen molar-refractivity contribution in [2.24, 2.45) is 5.10 Å². The summed E-state index contributed by atoms with van der Waals surface area (Å²) in [4.78, 5) is 33.4. The number of carbonyl (C=O) groups excluding carboxylic acids is 1. The van der Waals surface area contributed by atoms with Crippen LogP contribution in [0.15, 0.2) is 57.5 Å².